The highest BCUT2D eigenvalue weighted by molar-refractivity contribution is 8.00. The first-order valence-electron chi connectivity index (χ1n) is 11.1. The second-order valence-electron chi connectivity index (χ2n) is 7.88. The summed E-state index contributed by atoms with van der Waals surface area (Å²) in [7, 11) is -3.57. The largest absolute Gasteiger partial charge is 0.319 e. The molecule has 1 atom stereocenters. The predicted octanol–water partition coefficient (Wildman–Crippen LogP) is 3.98. The number of benzene rings is 1. The summed E-state index contributed by atoms with van der Waals surface area (Å²) < 4.78 is 31.0. The average molecular weight is 493 g/mol. The van der Waals surface area contributed by atoms with Crippen molar-refractivity contribution in [3.8, 4) is 0 Å². The van der Waals surface area contributed by atoms with Crippen LogP contribution in [0.1, 0.15) is 47.6 Å². The number of aromatic nitrogens is 4. The molecular weight excluding hydrogens is 460 g/mol. The number of imidazole rings is 1. The summed E-state index contributed by atoms with van der Waals surface area (Å²) in [6.45, 7) is 12.9. The van der Waals surface area contributed by atoms with Gasteiger partial charge < -0.3 is 9.88 Å². The fourth-order valence-corrected chi connectivity index (χ4v) is 6.09. The molecule has 0 unspecified atom stereocenters. The molecule has 180 valence electrons. The number of hydrogen-bond donors (Lipinski definition) is 1. The number of carbonyl (C=O) groups is 1. The number of rotatable bonds is 10. The van der Waals surface area contributed by atoms with Crippen LogP contribution >= 0.6 is 11.8 Å². The van der Waals surface area contributed by atoms with Crippen molar-refractivity contribution in [2.45, 2.75) is 69.4 Å². The third-order valence-electron chi connectivity index (χ3n) is 5.41. The zero-order valence-electron chi connectivity index (χ0n) is 19.9. The minimum atomic E-state index is -3.57. The Morgan fingerprint density at radius 2 is 1.85 bits per heavy atom. The maximum atomic E-state index is 12.9. The first-order chi connectivity index (χ1) is 15.6. The molecule has 0 aliphatic heterocycles. The van der Waals surface area contributed by atoms with Crippen LogP contribution in [0.25, 0.3) is 11.0 Å². The van der Waals surface area contributed by atoms with Gasteiger partial charge in [-0.3, -0.25) is 4.79 Å². The van der Waals surface area contributed by atoms with Gasteiger partial charge >= 0.3 is 0 Å². The predicted molar refractivity (Wildman–Crippen MR) is 132 cm³/mol. The standard InChI is InChI=1S/C22H32N6O3S2/c1-7-26(8-2)33(30,31)17-10-11-19-18(14-17)24-22(27(19)9-3)32-16(6)21(29)25-20-12-13-23-28(20)15(4)5/h10-16H,7-9H2,1-6H3,(H,25,29)/t16-/m0/s1. The van der Waals surface area contributed by atoms with Crippen molar-refractivity contribution >= 4 is 44.5 Å². The summed E-state index contributed by atoms with van der Waals surface area (Å²) in [6.07, 6.45) is 1.66. The topological polar surface area (TPSA) is 102 Å². The summed E-state index contributed by atoms with van der Waals surface area (Å²) in [4.78, 5) is 17.7. The van der Waals surface area contributed by atoms with Gasteiger partial charge in [0.2, 0.25) is 15.9 Å². The number of nitrogens with one attached hydrogen (secondary N) is 1. The average Bonchev–Trinajstić information content (AvgIpc) is 3.37. The zero-order chi connectivity index (χ0) is 24.3. The number of sulfonamides is 1. The number of aryl methyl sites for hydroxylation is 1. The van der Waals surface area contributed by atoms with Crippen LogP contribution in [-0.4, -0.2) is 56.3 Å². The van der Waals surface area contributed by atoms with E-state index in [0.29, 0.717) is 36.1 Å². The lowest BCUT2D eigenvalue weighted by molar-refractivity contribution is -0.115. The Morgan fingerprint density at radius 3 is 2.45 bits per heavy atom. The van der Waals surface area contributed by atoms with Crippen LogP contribution in [0.4, 0.5) is 5.82 Å². The van der Waals surface area contributed by atoms with Crippen LogP contribution in [0.2, 0.25) is 0 Å². The molecule has 1 aromatic carbocycles. The molecule has 9 nitrogen and oxygen atoms in total. The number of carbonyl (C=O) groups excluding carboxylic acids is 1. The lowest BCUT2D eigenvalue weighted by atomic mass is 10.3. The van der Waals surface area contributed by atoms with Gasteiger partial charge in [-0.05, 0) is 45.9 Å². The Morgan fingerprint density at radius 1 is 1.15 bits per heavy atom. The van der Waals surface area contributed by atoms with E-state index < -0.39 is 15.3 Å². The van der Waals surface area contributed by atoms with Crippen LogP contribution in [-0.2, 0) is 21.4 Å². The molecule has 0 saturated heterocycles. The molecule has 0 aliphatic carbocycles. The highest BCUT2D eigenvalue weighted by atomic mass is 32.2. The first-order valence-corrected chi connectivity index (χ1v) is 13.5. The quantitative estimate of drug-likeness (QED) is 0.430. The van der Waals surface area contributed by atoms with E-state index in [1.807, 2.05) is 46.1 Å². The van der Waals surface area contributed by atoms with E-state index in [1.165, 1.54) is 16.1 Å². The van der Waals surface area contributed by atoms with Crippen LogP contribution in [0.5, 0.6) is 0 Å². The highest BCUT2D eigenvalue weighted by Gasteiger charge is 2.24. The Hall–Kier alpha value is -2.37. The summed E-state index contributed by atoms with van der Waals surface area (Å²) >= 11 is 1.34. The van der Waals surface area contributed by atoms with Crippen molar-refractivity contribution in [1.82, 2.24) is 23.6 Å². The van der Waals surface area contributed by atoms with E-state index in [4.69, 9.17) is 0 Å². The highest BCUT2D eigenvalue weighted by Crippen LogP contribution is 2.30. The fourth-order valence-electron chi connectivity index (χ4n) is 3.62. The van der Waals surface area contributed by atoms with Crippen molar-refractivity contribution in [2.75, 3.05) is 18.4 Å². The minimum Gasteiger partial charge on any atom is -0.319 e. The molecule has 1 N–H and O–H groups in total. The number of thioether (sulfide) groups is 1. The van der Waals surface area contributed by atoms with Crippen molar-refractivity contribution in [3.63, 3.8) is 0 Å². The SMILES string of the molecule is CCN(CC)S(=O)(=O)c1ccc2c(c1)nc(S[C@@H](C)C(=O)Nc1ccnn1C(C)C)n2CC. The molecule has 0 spiro atoms. The number of amides is 1. The molecule has 0 radical (unpaired) electrons. The van der Waals surface area contributed by atoms with Gasteiger partial charge in [-0.25, -0.2) is 18.1 Å². The second kappa shape index (κ2) is 10.3. The van der Waals surface area contributed by atoms with Crippen LogP contribution in [0, 0.1) is 0 Å². The van der Waals surface area contributed by atoms with Gasteiger partial charge in [0.05, 0.1) is 27.4 Å². The minimum absolute atomic E-state index is 0.129. The Labute approximate surface area is 199 Å². The van der Waals surface area contributed by atoms with Crippen molar-refractivity contribution in [3.05, 3.63) is 30.5 Å². The van der Waals surface area contributed by atoms with E-state index in [9.17, 15) is 13.2 Å². The molecule has 0 saturated carbocycles. The molecule has 2 heterocycles. The summed E-state index contributed by atoms with van der Waals surface area (Å²) in [5.74, 6) is 0.500. The summed E-state index contributed by atoms with van der Waals surface area (Å²) in [5.41, 5.74) is 1.43. The molecule has 1 amide bonds. The van der Waals surface area contributed by atoms with E-state index in [0.717, 1.165) is 5.52 Å². The lowest BCUT2D eigenvalue weighted by Gasteiger charge is -2.18. The van der Waals surface area contributed by atoms with Gasteiger partial charge in [0.1, 0.15) is 5.82 Å². The lowest BCUT2D eigenvalue weighted by Crippen LogP contribution is -2.30. The molecule has 2 aromatic heterocycles. The smallest absolute Gasteiger partial charge is 0.243 e. The molecular formula is C22H32N6O3S2. The fraction of sp³-hybridized carbons (Fsp3) is 0.500. The van der Waals surface area contributed by atoms with Gasteiger partial charge in [0.25, 0.3) is 0 Å². The van der Waals surface area contributed by atoms with Crippen molar-refractivity contribution in [1.29, 1.82) is 0 Å². The first kappa shape index (κ1) is 25.3. The molecule has 0 bridgehead atoms. The van der Waals surface area contributed by atoms with E-state index >= 15 is 0 Å². The second-order valence-corrected chi connectivity index (χ2v) is 11.1. The molecule has 3 rings (SSSR count). The zero-order valence-corrected chi connectivity index (χ0v) is 21.6. The third-order valence-corrected chi connectivity index (χ3v) is 8.54. The number of nitrogens with zero attached hydrogens (tertiary/aromatic N) is 5. The van der Waals surface area contributed by atoms with E-state index in [-0.39, 0.29) is 16.8 Å². The van der Waals surface area contributed by atoms with Gasteiger partial charge in [0, 0.05) is 31.7 Å². The monoisotopic (exact) mass is 492 g/mol. The van der Waals surface area contributed by atoms with Crippen LogP contribution in [0.15, 0.2) is 40.5 Å². The molecule has 33 heavy (non-hydrogen) atoms. The molecule has 11 heteroatoms. The Bertz CT molecular complexity index is 1230. The Balaban J connectivity index is 1.87. The normalized spacial score (nSPS) is 13.2. The van der Waals surface area contributed by atoms with Gasteiger partial charge in [-0.15, -0.1) is 0 Å². The van der Waals surface area contributed by atoms with Gasteiger partial charge in [-0.1, -0.05) is 25.6 Å². The number of anilines is 1. The summed E-state index contributed by atoms with van der Waals surface area (Å²) in [6, 6.07) is 6.93. The van der Waals surface area contributed by atoms with E-state index in [1.54, 1.807) is 35.1 Å². The molecule has 3 aromatic rings. The third kappa shape index (κ3) is 5.10. The number of fused-ring (bicyclic) bond motifs is 1. The maximum absolute atomic E-state index is 12.9. The molecule has 0 fully saturated rings. The van der Waals surface area contributed by atoms with Crippen molar-refractivity contribution in [2.24, 2.45) is 0 Å². The van der Waals surface area contributed by atoms with E-state index in [2.05, 4.69) is 15.4 Å². The van der Waals surface area contributed by atoms with Gasteiger partial charge in [-0.2, -0.15) is 9.40 Å². The molecule has 0 aliphatic rings. The summed E-state index contributed by atoms with van der Waals surface area (Å²) in [5, 5.41) is 7.44. The van der Waals surface area contributed by atoms with Gasteiger partial charge in [0.15, 0.2) is 5.16 Å². The maximum Gasteiger partial charge on any atom is 0.243 e. The number of hydrogen-bond acceptors (Lipinski definition) is 6. The van der Waals surface area contributed by atoms with Crippen LogP contribution in [0.3, 0.4) is 0 Å². The van der Waals surface area contributed by atoms with Crippen LogP contribution < -0.4 is 5.32 Å². The van der Waals surface area contributed by atoms with Crippen molar-refractivity contribution < 1.29 is 13.2 Å². The Kier molecular flexibility index (Phi) is 7.86.